The second-order valence-corrected chi connectivity index (χ2v) is 5.07. The first-order valence-corrected chi connectivity index (χ1v) is 6.64. The highest BCUT2D eigenvalue weighted by Crippen LogP contribution is 2.29. The van der Waals surface area contributed by atoms with E-state index in [1.165, 1.54) is 0 Å². The van der Waals surface area contributed by atoms with Crippen molar-refractivity contribution in [3.8, 4) is 0 Å². The SMILES string of the molecule is Cc1cccc(C(CO)c2c[nH]c3c(=O)[nH]c(N)nc23)c1. The Morgan fingerprint density at radius 2 is 2.24 bits per heavy atom. The van der Waals surface area contributed by atoms with Gasteiger partial charge in [-0.2, -0.15) is 0 Å². The summed E-state index contributed by atoms with van der Waals surface area (Å²) in [5.74, 6) is -0.193. The Hall–Kier alpha value is -2.60. The number of aromatic amines is 2. The normalized spacial score (nSPS) is 12.7. The van der Waals surface area contributed by atoms with E-state index in [9.17, 15) is 9.90 Å². The molecule has 3 aromatic rings. The maximum atomic E-state index is 11.8. The van der Waals surface area contributed by atoms with Gasteiger partial charge >= 0.3 is 0 Å². The summed E-state index contributed by atoms with van der Waals surface area (Å²) in [6.07, 6.45) is 1.70. The van der Waals surface area contributed by atoms with Crippen LogP contribution in [0.4, 0.5) is 5.95 Å². The summed E-state index contributed by atoms with van der Waals surface area (Å²) >= 11 is 0. The molecule has 21 heavy (non-hydrogen) atoms. The van der Waals surface area contributed by atoms with Gasteiger partial charge in [0, 0.05) is 17.7 Å². The highest BCUT2D eigenvalue weighted by molar-refractivity contribution is 5.80. The van der Waals surface area contributed by atoms with Crippen molar-refractivity contribution in [2.75, 3.05) is 12.3 Å². The number of aliphatic hydroxyl groups is 1. The molecule has 3 rings (SSSR count). The van der Waals surface area contributed by atoms with Crippen molar-refractivity contribution in [3.05, 3.63) is 57.5 Å². The molecule has 5 N–H and O–H groups in total. The first kappa shape index (κ1) is 13.4. The molecule has 2 aromatic heterocycles. The third kappa shape index (κ3) is 2.30. The first-order chi connectivity index (χ1) is 10.1. The molecular formula is C15H16N4O2. The van der Waals surface area contributed by atoms with E-state index in [1.807, 2.05) is 31.2 Å². The van der Waals surface area contributed by atoms with Crippen molar-refractivity contribution in [1.29, 1.82) is 0 Å². The zero-order valence-corrected chi connectivity index (χ0v) is 11.6. The third-order valence-electron chi connectivity index (χ3n) is 3.59. The zero-order chi connectivity index (χ0) is 15.0. The summed E-state index contributed by atoms with van der Waals surface area (Å²) in [7, 11) is 0. The maximum absolute atomic E-state index is 11.8. The van der Waals surface area contributed by atoms with Gasteiger partial charge in [0.25, 0.3) is 5.56 Å². The van der Waals surface area contributed by atoms with E-state index < -0.39 is 0 Å². The second kappa shape index (κ2) is 5.06. The van der Waals surface area contributed by atoms with E-state index in [0.29, 0.717) is 11.0 Å². The van der Waals surface area contributed by atoms with Gasteiger partial charge in [0.05, 0.1) is 6.61 Å². The van der Waals surface area contributed by atoms with Crippen LogP contribution in [0.3, 0.4) is 0 Å². The van der Waals surface area contributed by atoms with Crippen molar-refractivity contribution in [3.63, 3.8) is 0 Å². The Bertz CT molecular complexity index is 850. The van der Waals surface area contributed by atoms with Crippen LogP contribution in [0.15, 0.2) is 35.3 Å². The Labute approximate surface area is 120 Å². The van der Waals surface area contributed by atoms with Crippen LogP contribution < -0.4 is 11.3 Å². The summed E-state index contributed by atoms with van der Waals surface area (Å²) < 4.78 is 0. The molecule has 0 radical (unpaired) electrons. The molecule has 6 heteroatoms. The number of aliphatic hydroxyl groups excluding tert-OH is 1. The molecule has 6 nitrogen and oxygen atoms in total. The topological polar surface area (TPSA) is 108 Å². The highest BCUT2D eigenvalue weighted by atomic mass is 16.3. The number of rotatable bonds is 3. The molecule has 0 spiro atoms. The predicted octanol–water partition coefficient (Wildman–Crippen LogP) is 1.27. The number of aromatic nitrogens is 3. The summed E-state index contributed by atoms with van der Waals surface area (Å²) in [6.45, 7) is 1.92. The number of nitrogens with zero attached hydrogens (tertiary/aromatic N) is 1. The van der Waals surface area contributed by atoms with E-state index in [2.05, 4.69) is 15.0 Å². The lowest BCUT2D eigenvalue weighted by Crippen LogP contribution is -2.12. The number of nitrogens with one attached hydrogen (secondary N) is 2. The van der Waals surface area contributed by atoms with Crippen molar-refractivity contribution < 1.29 is 5.11 Å². The van der Waals surface area contributed by atoms with Gasteiger partial charge in [-0.05, 0) is 12.5 Å². The maximum Gasteiger partial charge on any atom is 0.276 e. The van der Waals surface area contributed by atoms with Crippen LogP contribution in [0.2, 0.25) is 0 Å². The molecular weight excluding hydrogens is 268 g/mol. The highest BCUT2D eigenvalue weighted by Gasteiger charge is 2.20. The van der Waals surface area contributed by atoms with Crippen LogP contribution in [0.25, 0.3) is 11.0 Å². The standard InChI is InChI=1S/C15H16N4O2/c1-8-3-2-4-9(5-8)11(7-20)10-6-17-13-12(10)18-15(16)19-14(13)21/h2-6,11,17,20H,7H2,1H3,(H3,16,18,19,21). The molecule has 2 heterocycles. The van der Waals surface area contributed by atoms with Crippen LogP contribution in [-0.4, -0.2) is 26.7 Å². The minimum absolute atomic E-state index is 0.0642. The van der Waals surface area contributed by atoms with Crippen molar-refractivity contribution in [2.45, 2.75) is 12.8 Å². The molecule has 0 fully saturated rings. The Morgan fingerprint density at radius 1 is 1.43 bits per heavy atom. The molecule has 0 aliphatic heterocycles. The second-order valence-electron chi connectivity index (χ2n) is 5.07. The molecule has 0 bridgehead atoms. The molecule has 0 aliphatic rings. The molecule has 1 aromatic carbocycles. The molecule has 1 unspecified atom stereocenters. The minimum Gasteiger partial charge on any atom is -0.395 e. The van der Waals surface area contributed by atoms with Crippen LogP contribution >= 0.6 is 0 Å². The number of H-pyrrole nitrogens is 2. The lowest BCUT2D eigenvalue weighted by molar-refractivity contribution is 0.281. The van der Waals surface area contributed by atoms with Crippen LogP contribution in [-0.2, 0) is 0 Å². The van der Waals surface area contributed by atoms with E-state index in [4.69, 9.17) is 5.73 Å². The lowest BCUT2D eigenvalue weighted by Gasteiger charge is -2.14. The Morgan fingerprint density at radius 3 is 2.95 bits per heavy atom. The zero-order valence-electron chi connectivity index (χ0n) is 11.6. The molecule has 0 saturated carbocycles. The lowest BCUT2D eigenvalue weighted by atomic mass is 9.92. The van der Waals surface area contributed by atoms with Gasteiger partial charge in [0.2, 0.25) is 5.95 Å². The van der Waals surface area contributed by atoms with Gasteiger partial charge in [0.15, 0.2) is 0 Å². The summed E-state index contributed by atoms with van der Waals surface area (Å²) in [5, 5.41) is 9.78. The predicted molar refractivity (Wildman–Crippen MR) is 81.2 cm³/mol. The first-order valence-electron chi connectivity index (χ1n) is 6.64. The number of fused-ring (bicyclic) bond motifs is 1. The van der Waals surface area contributed by atoms with Gasteiger partial charge in [-0.15, -0.1) is 0 Å². The number of hydrogen-bond donors (Lipinski definition) is 4. The van der Waals surface area contributed by atoms with E-state index in [1.54, 1.807) is 6.20 Å². The van der Waals surface area contributed by atoms with Gasteiger partial charge in [0.1, 0.15) is 11.0 Å². The van der Waals surface area contributed by atoms with Gasteiger partial charge in [-0.3, -0.25) is 9.78 Å². The van der Waals surface area contributed by atoms with E-state index in [-0.39, 0.29) is 24.0 Å². The molecule has 1 atom stereocenters. The summed E-state index contributed by atoms with van der Waals surface area (Å²) in [4.78, 5) is 21.4. The van der Waals surface area contributed by atoms with Crippen LogP contribution in [0.1, 0.15) is 22.6 Å². The monoisotopic (exact) mass is 284 g/mol. The fraction of sp³-hybridized carbons (Fsp3) is 0.200. The number of nitrogens with two attached hydrogens (primary N) is 1. The average Bonchev–Trinajstić information content (AvgIpc) is 2.84. The number of hydrogen-bond acceptors (Lipinski definition) is 4. The largest absolute Gasteiger partial charge is 0.395 e. The van der Waals surface area contributed by atoms with Crippen molar-refractivity contribution in [1.82, 2.24) is 15.0 Å². The third-order valence-corrected chi connectivity index (χ3v) is 3.59. The number of anilines is 1. The van der Waals surface area contributed by atoms with Gasteiger partial charge in [-0.1, -0.05) is 29.8 Å². The summed E-state index contributed by atoms with van der Waals surface area (Å²) in [5.41, 5.74) is 9.00. The summed E-state index contributed by atoms with van der Waals surface area (Å²) in [6, 6.07) is 7.89. The smallest absolute Gasteiger partial charge is 0.276 e. The molecule has 0 amide bonds. The van der Waals surface area contributed by atoms with E-state index in [0.717, 1.165) is 16.7 Å². The number of nitrogen functional groups attached to an aromatic ring is 1. The fourth-order valence-corrected chi connectivity index (χ4v) is 2.59. The van der Waals surface area contributed by atoms with Crippen molar-refractivity contribution >= 4 is 17.0 Å². The van der Waals surface area contributed by atoms with Gasteiger partial charge in [-0.25, -0.2) is 4.98 Å². The fourth-order valence-electron chi connectivity index (χ4n) is 2.59. The van der Waals surface area contributed by atoms with Gasteiger partial charge < -0.3 is 15.8 Å². The number of benzene rings is 1. The van der Waals surface area contributed by atoms with Crippen LogP contribution in [0, 0.1) is 6.92 Å². The molecule has 0 saturated heterocycles. The van der Waals surface area contributed by atoms with Crippen LogP contribution in [0.5, 0.6) is 0 Å². The van der Waals surface area contributed by atoms with Crippen molar-refractivity contribution in [2.24, 2.45) is 0 Å². The number of aryl methyl sites for hydroxylation is 1. The average molecular weight is 284 g/mol. The molecule has 0 aliphatic carbocycles. The Kier molecular flexibility index (Phi) is 3.23. The van der Waals surface area contributed by atoms with E-state index >= 15 is 0 Å². The Balaban J connectivity index is 2.20. The minimum atomic E-state index is -0.315. The molecule has 108 valence electrons. The quantitative estimate of drug-likeness (QED) is 0.580.